The molecule has 1 rings (SSSR count). The van der Waals surface area contributed by atoms with E-state index in [1.807, 2.05) is 0 Å². The van der Waals surface area contributed by atoms with Crippen molar-refractivity contribution in [3.05, 3.63) is 60.1 Å². The number of rotatable bonds is 4. The van der Waals surface area contributed by atoms with Gasteiger partial charge in [0, 0.05) is 0 Å². The molecule has 0 saturated carbocycles. The molecule has 0 bridgehead atoms. The number of allylic oxidation sites excluding steroid dienone is 2. The monoisotopic (exact) mass is 236 g/mol. The Hall–Kier alpha value is -1.45. The molecule has 88 valence electrons. The van der Waals surface area contributed by atoms with Crippen molar-refractivity contribution in [1.82, 2.24) is 0 Å². The predicted molar refractivity (Wildman–Crippen MR) is 63.7 cm³/mol. The van der Waals surface area contributed by atoms with Crippen LogP contribution >= 0.6 is 0 Å². The molecule has 0 amide bonds. The normalized spacial score (nSPS) is 13.1. The first-order valence-corrected chi connectivity index (χ1v) is 5.07. The van der Waals surface area contributed by atoms with E-state index in [-0.39, 0.29) is 5.92 Å². The second-order valence-electron chi connectivity index (χ2n) is 3.82. The Balaban J connectivity index is 2.82. The third kappa shape index (κ3) is 3.81. The highest BCUT2D eigenvalue weighted by Gasteiger charge is 2.29. The average molecular weight is 236 g/mol. The Morgan fingerprint density at radius 1 is 1.29 bits per heavy atom. The highest BCUT2D eigenvalue weighted by molar-refractivity contribution is 6.21. The molecule has 0 saturated heterocycles. The molecule has 0 fully saturated rings. The molecule has 1 aromatic carbocycles. The van der Waals surface area contributed by atoms with Crippen LogP contribution in [0.4, 0.5) is 13.2 Å². The van der Waals surface area contributed by atoms with Crippen molar-refractivity contribution >= 4 is 7.85 Å². The smallest absolute Gasteiger partial charge is 0.166 e. The number of alkyl halides is 3. The molecular formula is C13H12BF3. The van der Waals surface area contributed by atoms with E-state index in [1.54, 1.807) is 6.08 Å². The Kier molecular flexibility index (Phi) is 4.21. The van der Waals surface area contributed by atoms with Crippen LogP contribution in [0.2, 0.25) is 0 Å². The summed E-state index contributed by atoms with van der Waals surface area (Å²) in [5, 5.41) is 0. The van der Waals surface area contributed by atoms with Crippen LogP contribution in [-0.2, 0) is 12.6 Å². The van der Waals surface area contributed by atoms with Gasteiger partial charge in [-0.05, 0) is 30.0 Å². The minimum Gasteiger partial charge on any atom is -0.166 e. The topological polar surface area (TPSA) is 0 Å². The molecule has 0 N–H and O–H groups in total. The molecule has 2 radical (unpaired) electrons. The summed E-state index contributed by atoms with van der Waals surface area (Å²) in [6.07, 6.45) is -2.15. The lowest BCUT2D eigenvalue weighted by Gasteiger charge is -2.13. The third-order valence-electron chi connectivity index (χ3n) is 2.50. The Labute approximate surface area is 100 Å². The molecule has 0 spiro atoms. The van der Waals surface area contributed by atoms with Gasteiger partial charge in [0.15, 0.2) is 0 Å². The molecule has 0 heterocycles. The molecule has 0 aromatic heterocycles. The van der Waals surface area contributed by atoms with Crippen LogP contribution in [0.15, 0.2) is 49.0 Å². The van der Waals surface area contributed by atoms with Crippen molar-refractivity contribution in [2.75, 3.05) is 0 Å². The van der Waals surface area contributed by atoms with Gasteiger partial charge in [-0.25, -0.2) is 0 Å². The number of benzene rings is 1. The summed E-state index contributed by atoms with van der Waals surface area (Å²) < 4.78 is 37.0. The second kappa shape index (κ2) is 5.26. The van der Waals surface area contributed by atoms with E-state index in [4.69, 9.17) is 7.85 Å². The zero-order valence-corrected chi connectivity index (χ0v) is 9.30. The van der Waals surface area contributed by atoms with E-state index >= 15 is 0 Å². The number of halogens is 3. The summed E-state index contributed by atoms with van der Waals surface area (Å²) in [5.41, 5.74) is 0.581. The summed E-state index contributed by atoms with van der Waals surface area (Å²) in [5.74, 6) is -0.119. The van der Waals surface area contributed by atoms with Gasteiger partial charge in [-0.15, -0.1) is 18.6 Å². The van der Waals surface area contributed by atoms with Crippen LogP contribution in [0.1, 0.15) is 11.1 Å². The van der Waals surface area contributed by atoms with Crippen LogP contribution in [0, 0.1) is 5.92 Å². The fourth-order valence-electron chi connectivity index (χ4n) is 1.45. The Bertz CT molecular complexity index is 404. The first kappa shape index (κ1) is 13.6. The fraction of sp³-hybridized carbons (Fsp3) is 0.231. The maximum atomic E-state index is 12.3. The van der Waals surface area contributed by atoms with Gasteiger partial charge in [0.25, 0.3) is 0 Å². The predicted octanol–water partition coefficient (Wildman–Crippen LogP) is 3.73. The highest BCUT2D eigenvalue weighted by Crippen LogP contribution is 2.29. The van der Waals surface area contributed by atoms with Crippen molar-refractivity contribution in [3.8, 4) is 0 Å². The van der Waals surface area contributed by atoms with Crippen molar-refractivity contribution in [2.45, 2.75) is 12.6 Å². The standard InChI is InChI=1S/C13H12BF3/c1-3-11(9(2)14)8-10-4-6-12(7-5-10)13(15,16)17/h3-7,11H,1-2,8H2. The molecule has 0 aliphatic heterocycles. The number of hydrogen-bond donors (Lipinski definition) is 0. The molecule has 1 atom stereocenters. The van der Waals surface area contributed by atoms with Gasteiger partial charge < -0.3 is 0 Å². The maximum Gasteiger partial charge on any atom is 0.416 e. The molecule has 1 aromatic rings. The zero-order valence-electron chi connectivity index (χ0n) is 9.30. The van der Waals surface area contributed by atoms with E-state index in [0.717, 1.165) is 17.7 Å². The Morgan fingerprint density at radius 2 is 1.82 bits per heavy atom. The summed E-state index contributed by atoms with van der Waals surface area (Å²) >= 11 is 0. The van der Waals surface area contributed by atoms with Gasteiger partial charge in [0.05, 0.1) is 5.56 Å². The van der Waals surface area contributed by atoms with Crippen LogP contribution in [0.25, 0.3) is 0 Å². The lowest BCUT2D eigenvalue weighted by atomic mass is 9.81. The van der Waals surface area contributed by atoms with Crippen molar-refractivity contribution in [3.63, 3.8) is 0 Å². The minimum atomic E-state index is -4.30. The van der Waals surface area contributed by atoms with E-state index < -0.39 is 11.7 Å². The number of hydrogen-bond acceptors (Lipinski definition) is 0. The largest absolute Gasteiger partial charge is 0.416 e. The summed E-state index contributed by atoms with van der Waals surface area (Å²) in [7, 11) is 5.55. The fourth-order valence-corrected chi connectivity index (χ4v) is 1.45. The van der Waals surface area contributed by atoms with Crippen molar-refractivity contribution in [1.29, 1.82) is 0 Å². The second-order valence-corrected chi connectivity index (χ2v) is 3.82. The van der Waals surface area contributed by atoms with E-state index in [1.165, 1.54) is 12.1 Å². The first-order chi connectivity index (χ1) is 7.84. The van der Waals surface area contributed by atoms with E-state index in [2.05, 4.69) is 13.2 Å². The Morgan fingerprint density at radius 3 is 2.18 bits per heavy atom. The third-order valence-corrected chi connectivity index (χ3v) is 2.50. The van der Waals surface area contributed by atoms with Crippen molar-refractivity contribution in [2.24, 2.45) is 5.92 Å². The highest BCUT2D eigenvalue weighted by atomic mass is 19.4. The van der Waals surface area contributed by atoms with Gasteiger partial charge in [-0.3, -0.25) is 0 Å². The lowest BCUT2D eigenvalue weighted by Crippen LogP contribution is -2.07. The van der Waals surface area contributed by atoms with Gasteiger partial charge >= 0.3 is 6.18 Å². The summed E-state index contributed by atoms with van der Waals surface area (Å²) in [6, 6.07) is 5.02. The minimum absolute atomic E-state index is 0.119. The lowest BCUT2D eigenvalue weighted by molar-refractivity contribution is -0.137. The van der Waals surface area contributed by atoms with Gasteiger partial charge in [0.2, 0.25) is 0 Å². The molecular weight excluding hydrogens is 224 g/mol. The van der Waals surface area contributed by atoms with Gasteiger partial charge in [0.1, 0.15) is 7.85 Å². The first-order valence-electron chi connectivity index (χ1n) is 5.07. The molecule has 0 nitrogen and oxygen atoms in total. The summed E-state index contributed by atoms with van der Waals surface area (Å²) in [6.45, 7) is 7.22. The van der Waals surface area contributed by atoms with Crippen LogP contribution < -0.4 is 0 Å². The van der Waals surface area contributed by atoms with Gasteiger partial charge in [-0.2, -0.15) is 13.2 Å². The van der Waals surface area contributed by atoms with E-state index in [9.17, 15) is 13.2 Å². The zero-order chi connectivity index (χ0) is 13.1. The van der Waals surface area contributed by atoms with Gasteiger partial charge in [-0.1, -0.05) is 18.2 Å². The molecule has 4 heteroatoms. The average Bonchev–Trinajstić information content (AvgIpc) is 2.25. The van der Waals surface area contributed by atoms with Crippen molar-refractivity contribution < 1.29 is 13.2 Å². The summed E-state index contributed by atoms with van der Waals surface area (Å²) in [4.78, 5) is 0. The van der Waals surface area contributed by atoms with Crippen LogP contribution in [-0.4, -0.2) is 7.85 Å². The molecule has 17 heavy (non-hydrogen) atoms. The van der Waals surface area contributed by atoms with Crippen LogP contribution in [0.3, 0.4) is 0 Å². The maximum absolute atomic E-state index is 12.3. The molecule has 1 unspecified atom stereocenters. The van der Waals surface area contributed by atoms with Crippen LogP contribution in [0.5, 0.6) is 0 Å². The quantitative estimate of drug-likeness (QED) is 0.551. The molecule has 0 aliphatic rings. The molecule has 0 aliphatic carbocycles. The van der Waals surface area contributed by atoms with E-state index in [0.29, 0.717) is 11.9 Å². The SMILES string of the molecule is [B]C(=C)C(C=C)Cc1ccc(C(F)(F)F)cc1.